The van der Waals surface area contributed by atoms with Crippen molar-refractivity contribution in [2.24, 2.45) is 12.1 Å². The number of aromatic nitrogens is 2. The van der Waals surface area contributed by atoms with Crippen molar-refractivity contribution in [2.75, 3.05) is 0 Å². The second kappa shape index (κ2) is 6.31. The Labute approximate surface area is 132 Å². The smallest absolute Gasteiger partial charge is 0.295 e. The van der Waals surface area contributed by atoms with Gasteiger partial charge in [0.1, 0.15) is 6.54 Å². The molecule has 6 heteroatoms. The molecule has 1 amide bonds. The highest BCUT2D eigenvalue weighted by atomic mass is 16.2. The van der Waals surface area contributed by atoms with E-state index in [1.807, 2.05) is 54.6 Å². The Morgan fingerprint density at radius 2 is 1.74 bits per heavy atom. The van der Waals surface area contributed by atoms with Crippen LogP contribution in [0.25, 0.3) is 11.0 Å². The minimum Gasteiger partial charge on any atom is -0.295 e. The molecule has 0 aliphatic rings. The van der Waals surface area contributed by atoms with E-state index in [2.05, 4.69) is 10.5 Å². The molecule has 0 atom stereocenters. The highest BCUT2D eigenvalue weighted by molar-refractivity contribution is 5.83. The predicted molar refractivity (Wildman–Crippen MR) is 89.4 cm³/mol. The first-order valence-electron chi connectivity index (χ1n) is 7.18. The lowest BCUT2D eigenvalue weighted by atomic mass is 10.2. The minimum absolute atomic E-state index is 0.0771. The van der Waals surface area contributed by atoms with E-state index in [9.17, 15) is 9.59 Å². The Morgan fingerprint density at radius 1 is 1.09 bits per heavy atom. The van der Waals surface area contributed by atoms with Gasteiger partial charge in [-0.25, -0.2) is 10.2 Å². The van der Waals surface area contributed by atoms with Gasteiger partial charge in [-0.2, -0.15) is 5.10 Å². The molecule has 0 radical (unpaired) electrons. The Bertz CT molecular complexity index is 923. The monoisotopic (exact) mass is 308 g/mol. The predicted octanol–water partition coefficient (Wildman–Crippen LogP) is 1.49. The maximum Gasteiger partial charge on any atom is 0.329 e. The van der Waals surface area contributed by atoms with Gasteiger partial charge in [0.25, 0.3) is 5.91 Å². The third-order valence-corrected chi connectivity index (χ3v) is 3.56. The van der Waals surface area contributed by atoms with E-state index in [4.69, 9.17) is 0 Å². The largest absolute Gasteiger partial charge is 0.329 e. The van der Waals surface area contributed by atoms with Crippen molar-refractivity contribution in [3.8, 4) is 0 Å². The molecule has 6 nitrogen and oxygen atoms in total. The molecular weight excluding hydrogens is 292 g/mol. The number of amides is 1. The van der Waals surface area contributed by atoms with E-state index >= 15 is 0 Å². The summed E-state index contributed by atoms with van der Waals surface area (Å²) in [6.07, 6.45) is 1.56. The number of carbonyl (C=O) groups excluding carboxylic acids is 1. The second-order valence-electron chi connectivity index (χ2n) is 5.12. The molecule has 3 aromatic rings. The summed E-state index contributed by atoms with van der Waals surface area (Å²) in [5.74, 6) is -0.351. The molecule has 23 heavy (non-hydrogen) atoms. The number of fused-ring (bicyclic) bond motifs is 1. The fourth-order valence-electron chi connectivity index (χ4n) is 2.41. The summed E-state index contributed by atoms with van der Waals surface area (Å²) in [6, 6.07) is 16.8. The summed E-state index contributed by atoms with van der Waals surface area (Å²) in [5.41, 5.74) is 4.61. The summed E-state index contributed by atoms with van der Waals surface area (Å²) in [6.45, 7) is -0.0771. The summed E-state index contributed by atoms with van der Waals surface area (Å²) in [7, 11) is 1.69. The van der Waals surface area contributed by atoms with Crippen LogP contribution in [0.5, 0.6) is 0 Å². The van der Waals surface area contributed by atoms with Crippen molar-refractivity contribution < 1.29 is 4.79 Å². The molecule has 0 saturated heterocycles. The van der Waals surface area contributed by atoms with E-state index in [1.165, 1.54) is 9.13 Å². The minimum atomic E-state index is -0.351. The van der Waals surface area contributed by atoms with Gasteiger partial charge in [0, 0.05) is 7.05 Å². The molecule has 0 aliphatic carbocycles. The Balaban J connectivity index is 1.75. The van der Waals surface area contributed by atoms with E-state index < -0.39 is 0 Å². The van der Waals surface area contributed by atoms with E-state index in [1.54, 1.807) is 13.3 Å². The van der Waals surface area contributed by atoms with Crippen LogP contribution in [0.2, 0.25) is 0 Å². The zero-order valence-corrected chi connectivity index (χ0v) is 12.6. The number of imidazole rings is 1. The molecule has 0 aliphatic heterocycles. The van der Waals surface area contributed by atoms with Crippen molar-refractivity contribution in [3.63, 3.8) is 0 Å². The second-order valence-corrected chi connectivity index (χ2v) is 5.12. The molecule has 0 bridgehead atoms. The number of hydrogen-bond acceptors (Lipinski definition) is 3. The molecule has 1 N–H and O–H groups in total. The molecule has 3 rings (SSSR count). The molecule has 1 aromatic heterocycles. The first-order valence-corrected chi connectivity index (χ1v) is 7.18. The van der Waals surface area contributed by atoms with E-state index in [0.29, 0.717) is 0 Å². The molecule has 0 fully saturated rings. The van der Waals surface area contributed by atoms with Gasteiger partial charge in [0.15, 0.2) is 0 Å². The molecule has 1 heterocycles. The van der Waals surface area contributed by atoms with Crippen LogP contribution in [0.15, 0.2) is 64.5 Å². The topological polar surface area (TPSA) is 68.4 Å². The van der Waals surface area contributed by atoms with Crippen molar-refractivity contribution in [3.05, 3.63) is 70.6 Å². The first-order chi connectivity index (χ1) is 11.2. The Kier molecular flexibility index (Phi) is 4.05. The molecule has 2 aromatic carbocycles. The Hall–Kier alpha value is -3.15. The zero-order valence-electron chi connectivity index (χ0n) is 12.6. The van der Waals surface area contributed by atoms with Gasteiger partial charge in [0.2, 0.25) is 0 Å². The van der Waals surface area contributed by atoms with Crippen LogP contribution in [0, 0.1) is 0 Å². The van der Waals surface area contributed by atoms with Crippen LogP contribution in [0.1, 0.15) is 5.56 Å². The van der Waals surface area contributed by atoms with Crippen LogP contribution >= 0.6 is 0 Å². The van der Waals surface area contributed by atoms with Gasteiger partial charge in [-0.1, -0.05) is 42.5 Å². The number of rotatable bonds is 4. The van der Waals surface area contributed by atoms with Gasteiger partial charge in [-0.3, -0.25) is 13.9 Å². The van der Waals surface area contributed by atoms with Gasteiger partial charge in [-0.05, 0) is 17.7 Å². The van der Waals surface area contributed by atoms with Crippen molar-refractivity contribution >= 4 is 23.2 Å². The number of nitrogens with zero attached hydrogens (tertiary/aromatic N) is 3. The lowest BCUT2D eigenvalue weighted by Gasteiger charge is -2.02. The molecule has 0 unspecified atom stereocenters. The van der Waals surface area contributed by atoms with Gasteiger partial charge >= 0.3 is 5.69 Å². The number of hydrazone groups is 1. The van der Waals surface area contributed by atoms with Crippen LogP contribution in [0.4, 0.5) is 0 Å². The lowest BCUT2D eigenvalue weighted by Crippen LogP contribution is -2.30. The van der Waals surface area contributed by atoms with Crippen LogP contribution < -0.4 is 11.1 Å². The quantitative estimate of drug-likeness (QED) is 0.586. The zero-order chi connectivity index (χ0) is 16.2. The highest BCUT2D eigenvalue weighted by Crippen LogP contribution is 2.10. The third-order valence-electron chi connectivity index (χ3n) is 3.56. The SMILES string of the molecule is Cn1c(=O)n(CC(=O)N/N=C/c2ccccc2)c2ccccc21. The van der Waals surface area contributed by atoms with Gasteiger partial charge in [-0.15, -0.1) is 0 Å². The number of carbonyl (C=O) groups is 1. The number of nitrogens with one attached hydrogen (secondary N) is 1. The first kappa shape index (κ1) is 14.8. The van der Waals surface area contributed by atoms with Crippen LogP contribution in [0.3, 0.4) is 0 Å². The summed E-state index contributed by atoms with van der Waals surface area (Å²) >= 11 is 0. The van der Waals surface area contributed by atoms with Crippen molar-refractivity contribution in [1.29, 1.82) is 0 Å². The summed E-state index contributed by atoms with van der Waals surface area (Å²) < 4.78 is 2.96. The highest BCUT2D eigenvalue weighted by Gasteiger charge is 2.12. The standard InChI is InChI=1S/C17H16N4O2/c1-20-14-9-5-6-10-15(14)21(17(20)23)12-16(22)19-18-11-13-7-3-2-4-8-13/h2-11H,12H2,1H3,(H,19,22)/b18-11+. The summed E-state index contributed by atoms with van der Waals surface area (Å²) in [5, 5.41) is 3.91. The third kappa shape index (κ3) is 3.06. The molecule has 0 saturated carbocycles. The fraction of sp³-hybridized carbons (Fsp3) is 0.118. The molecular formula is C17H16N4O2. The van der Waals surface area contributed by atoms with E-state index in [0.717, 1.165) is 16.6 Å². The average Bonchev–Trinajstić information content (AvgIpc) is 2.81. The average molecular weight is 308 g/mol. The lowest BCUT2D eigenvalue weighted by molar-refractivity contribution is -0.121. The van der Waals surface area contributed by atoms with Crippen LogP contribution in [-0.4, -0.2) is 21.3 Å². The van der Waals surface area contributed by atoms with Crippen molar-refractivity contribution in [2.45, 2.75) is 6.54 Å². The maximum atomic E-state index is 12.2. The normalized spacial score (nSPS) is 11.2. The number of aryl methyl sites for hydroxylation is 1. The van der Waals surface area contributed by atoms with Crippen molar-refractivity contribution in [1.82, 2.24) is 14.6 Å². The maximum absolute atomic E-state index is 12.2. The molecule has 116 valence electrons. The molecule has 0 spiro atoms. The number of para-hydroxylation sites is 2. The Morgan fingerprint density at radius 3 is 2.48 bits per heavy atom. The van der Waals surface area contributed by atoms with Crippen LogP contribution in [-0.2, 0) is 18.4 Å². The summed E-state index contributed by atoms with van der Waals surface area (Å²) in [4.78, 5) is 24.2. The van der Waals surface area contributed by atoms with Gasteiger partial charge in [0.05, 0.1) is 17.2 Å². The van der Waals surface area contributed by atoms with E-state index in [-0.39, 0.29) is 18.1 Å². The van der Waals surface area contributed by atoms with Gasteiger partial charge < -0.3 is 0 Å². The number of hydrogen-bond donors (Lipinski definition) is 1. The number of benzene rings is 2. The fourth-order valence-corrected chi connectivity index (χ4v) is 2.41.